The van der Waals surface area contributed by atoms with Crippen LogP contribution in [0.2, 0.25) is 0 Å². The van der Waals surface area contributed by atoms with Crippen LogP contribution in [0.5, 0.6) is 0 Å². The quantitative estimate of drug-likeness (QED) is 0.607. The SMILES string of the molecule is CC(=O)c1c(C)[nH]c(C(=O)CN2C(=O)NC(C)(c3cc(C)oc3C)C2=O)c1C. The minimum Gasteiger partial charge on any atom is -0.466 e. The minimum atomic E-state index is -1.30. The van der Waals surface area contributed by atoms with Crippen molar-refractivity contribution < 1.29 is 23.6 Å². The lowest BCUT2D eigenvalue weighted by Gasteiger charge is -2.21. The van der Waals surface area contributed by atoms with E-state index in [1.165, 1.54) is 6.92 Å². The van der Waals surface area contributed by atoms with E-state index in [0.717, 1.165) is 4.90 Å². The van der Waals surface area contributed by atoms with E-state index in [9.17, 15) is 19.2 Å². The number of Topliss-reactive ketones (excluding diaryl/α,β-unsaturated/α-hetero) is 2. The van der Waals surface area contributed by atoms with Crippen LogP contribution in [0.3, 0.4) is 0 Å². The number of hydrogen-bond donors (Lipinski definition) is 2. The van der Waals surface area contributed by atoms with Gasteiger partial charge in [-0.3, -0.25) is 19.3 Å². The second kappa shape index (κ2) is 6.47. The van der Waals surface area contributed by atoms with Crippen LogP contribution in [0.1, 0.15) is 63.0 Å². The molecule has 1 aliphatic rings. The van der Waals surface area contributed by atoms with Crippen LogP contribution in [0.15, 0.2) is 10.5 Å². The summed E-state index contributed by atoms with van der Waals surface area (Å²) in [5, 5.41) is 2.67. The molecule has 1 saturated heterocycles. The van der Waals surface area contributed by atoms with Crippen LogP contribution < -0.4 is 5.32 Å². The van der Waals surface area contributed by atoms with E-state index in [-0.39, 0.29) is 11.5 Å². The van der Waals surface area contributed by atoms with E-state index in [1.54, 1.807) is 40.7 Å². The fourth-order valence-corrected chi connectivity index (χ4v) is 3.93. The van der Waals surface area contributed by atoms with Gasteiger partial charge in [-0.2, -0.15) is 0 Å². The molecule has 0 saturated carbocycles. The van der Waals surface area contributed by atoms with Crippen molar-refractivity contribution in [3.8, 4) is 0 Å². The molecule has 1 fully saturated rings. The van der Waals surface area contributed by atoms with Crippen LogP contribution in [0.25, 0.3) is 0 Å². The molecule has 148 valence electrons. The van der Waals surface area contributed by atoms with Gasteiger partial charge in [0.2, 0.25) is 0 Å². The molecule has 1 aliphatic heterocycles. The Labute approximate surface area is 162 Å². The number of imide groups is 1. The van der Waals surface area contributed by atoms with Crippen LogP contribution >= 0.6 is 0 Å². The molecule has 0 spiro atoms. The van der Waals surface area contributed by atoms with Gasteiger partial charge in [-0.05, 0) is 53.2 Å². The molecular weight excluding hydrogens is 362 g/mol. The molecule has 8 heteroatoms. The number of ketones is 2. The van der Waals surface area contributed by atoms with Gasteiger partial charge in [0.15, 0.2) is 11.6 Å². The average Bonchev–Trinajstić information content (AvgIpc) is 3.15. The lowest BCUT2D eigenvalue weighted by Crippen LogP contribution is -2.41. The monoisotopic (exact) mass is 385 g/mol. The van der Waals surface area contributed by atoms with Crippen molar-refractivity contribution >= 4 is 23.5 Å². The highest BCUT2D eigenvalue weighted by atomic mass is 16.3. The Morgan fingerprint density at radius 3 is 2.32 bits per heavy atom. The molecule has 2 aromatic rings. The van der Waals surface area contributed by atoms with E-state index in [1.807, 2.05) is 0 Å². The van der Waals surface area contributed by atoms with Gasteiger partial charge in [-0.15, -0.1) is 0 Å². The van der Waals surface area contributed by atoms with Crippen molar-refractivity contribution in [1.29, 1.82) is 0 Å². The smallest absolute Gasteiger partial charge is 0.325 e. The van der Waals surface area contributed by atoms with Crippen LogP contribution in [-0.2, 0) is 10.3 Å². The molecule has 3 heterocycles. The highest BCUT2D eigenvalue weighted by Crippen LogP contribution is 2.33. The Kier molecular flexibility index (Phi) is 4.53. The maximum atomic E-state index is 13.0. The van der Waals surface area contributed by atoms with Gasteiger partial charge < -0.3 is 14.7 Å². The van der Waals surface area contributed by atoms with Crippen LogP contribution in [0.4, 0.5) is 4.79 Å². The summed E-state index contributed by atoms with van der Waals surface area (Å²) in [5.41, 5.74) is 1.04. The highest BCUT2D eigenvalue weighted by molar-refractivity contribution is 6.12. The van der Waals surface area contributed by atoms with Crippen molar-refractivity contribution in [3.63, 3.8) is 0 Å². The van der Waals surface area contributed by atoms with Crippen molar-refractivity contribution in [3.05, 3.63) is 45.7 Å². The zero-order chi connectivity index (χ0) is 21.0. The summed E-state index contributed by atoms with van der Waals surface area (Å²) in [6.07, 6.45) is 0. The predicted octanol–water partition coefficient (Wildman–Crippen LogP) is 2.69. The zero-order valence-corrected chi connectivity index (χ0v) is 16.8. The lowest BCUT2D eigenvalue weighted by atomic mass is 9.92. The molecule has 0 aromatic carbocycles. The number of nitrogens with zero attached hydrogens (tertiary/aromatic N) is 1. The number of H-pyrrole nitrogens is 1. The largest absolute Gasteiger partial charge is 0.466 e. The number of amides is 3. The van der Waals surface area contributed by atoms with Crippen molar-refractivity contribution in [2.75, 3.05) is 6.54 Å². The fraction of sp³-hybridized carbons (Fsp3) is 0.400. The van der Waals surface area contributed by atoms with E-state index in [4.69, 9.17) is 4.42 Å². The van der Waals surface area contributed by atoms with E-state index in [0.29, 0.717) is 33.9 Å². The third kappa shape index (κ3) is 2.85. The molecule has 0 radical (unpaired) electrons. The molecule has 0 bridgehead atoms. The number of furan rings is 1. The Balaban J connectivity index is 1.90. The first kappa shape index (κ1) is 19.6. The Bertz CT molecular complexity index is 1030. The number of carbonyl (C=O) groups is 4. The van der Waals surface area contributed by atoms with Gasteiger partial charge in [-0.25, -0.2) is 4.79 Å². The normalized spacial score (nSPS) is 19.3. The summed E-state index contributed by atoms with van der Waals surface area (Å²) in [6.45, 7) is 9.44. The Morgan fingerprint density at radius 1 is 1.18 bits per heavy atom. The van der Waals surface area contributed by atoms with Gasteiger partial charge >= 0.3 is 6.03 Å². The number of hydrogen-bond acceptors (Lipinski definition) is 5. The summed E-state index contributed by atoms with van der Waals surface area (Å²) >= 11 is 0. The predicted molar refractivity (Wildman–Crippen MR) is 100 cm³/mol. The number of aromatic nitrogens is 1. The number of urea groups is 1. The van der Waals surface area contributed by atoms with E-state index >= 15 is 0 Å². The summed E-state index contributed by atoms with van der Waals surface area (Å²) in [5.74, 6) is 0.0328. The topological polar surface area (TPSA) is 112 Å². The first-order valence-corrected chi connectivity index (χ1v) is 8.92. The summed E-state index contributed by atoms with van der Waals surface area (Å²) in [7, 11) is 0. The second-order valence-corrected chi connectivity index (χ2v) is 7.38. The van der Waals surface area contributed by atoms with Gasteiger partial charge in [-0.1, -0.05) is 0 Å². The molecule has 2 N–H and O–H groups in total. The molecule has 3 rings (SSSR count). The molecule has 1 unspecified atom stereocenters. The summed E-state index contributed by atoms with van der Waals surface area (Å²) in [4.78, 5) is 53.9. The fourth-order valence-electron chi connectivity index (χ4n) is 3.93. The van der Waals surface area contributed by atoms with Crippen molar-refractivity contribution in [1.82, 2.24) is 15.2 Å². The first-order chi connectivity index (χ1) is 13.0. The Morgan fingerprint density at radius 2 is 1.82 bits per heavy atom. The van der Waals surface area contributed by atoms with Crippen molar-refractivity contribution in [2.45, 2.75) is 47.1 Å². The molecule has 28 heavy (non-hydrogen) atoms. The van der Waals surface area contributed by atoms with Crippen LogP contribution in [0, 0.1) is 27.7 Å². The number of aryl methyl sites for hydroxylation is 3. The average molecular weight is 385 g/mol. The second-order valence-electron chi connectivity index (χ2n) is 7.38. The van der Waals surface area contributed by atoms with Gasteiger partial charge in [0.05, 0.1) is 12.2 Å². The first-order valence-electron chi connectivity index (χ1n) is 8.92. The zero-order valence-electron chi connectivity index (χ0n) is 16.8. The van der Waals surface area contributed by atoms with E-state index in [2.05, 4.69) is 10.3 Å². The third-order valence-electron chi connectivity index (χ3n) is 5.22. The molecular formula is C20H23N3O5. The molecule has 8 nitrogen and oxygen atoms in total. The molecule has 3 amide bonds. The van der Waals surface area contributed by atoms with Gasteiger partial charge in [0.1, 0.15) is 17.1 Å². The molecule has 1 atom stereocenters. The number of nitrogens with one attached hydrogen (secondary N) is 2. The van der Waals surface area contributed by atoms with Crippen LogP contribution in [-0.4, -0.2) is 39.9 Å². The standard InChI is InChI=1S/C20H23N3O5/c1-9-7-14(13(5)28-9)20(6)18(26)23(19(27)22-20)8-15(25)17-10(2)16(12(4)24)11(3)21-17/h7,21H,8H2,1-6H3,(H,22,27). The third-order valence-corrected chi connectivity index (χ3v) is 5.22. The van der Waals surface area contributed by atoms with Crippen molar-refractivity contribution in [2.24, 2.45) is 0 Å². The Hall–Kier alpha value is -3.16. The maximum absolute atomic E-state index is 13.0. The number of carbonyl (C=O) groups excluding carboxylic acids is 4. The maximum Gasteiger partial charge on any atom is 0.325 e. The summed E-state index contributed by atoms with van der Waals surface area (Å²) in [6, 6.07) is 1.06. The van der Waals surface area contributed by atoms with Gasteiger partial charge in [0.25, 0.3) is 5.91 Å². The van der Waals surface area contributed by atoms with E-state index < -0.39 is 29.8 Å². The highest BCUT2D eigenvalue weighted by Gasteiger charge is 2.51. The summed E-state index contributed by atoms with van der Waals surface area (Å²) < 4.78 is 5.49. The number of aromatic amines is 1. The van der Waals surface area contributed by atoms with Gasteiger partial charge in [0, 0.05) is 16.8 Å². The molecule has 2 aromatic heterocycles. The lowest BCUT2D eigenvalue weighted by molar-refractivity contribution is -0.130. The number of rotatable bonds is 5. The minimum absolute atomic E-state index is 0.154. The molecule has 0 aliphatic carbocycles.